The number of halogens is 1. The van der Waals surface area contributed by atoms with E-state index in [-0.39, 0.29) is 17.6 Å². The van der Waals surface area contributed by atoms with Crippen molar-refractivity contribution in [3.05, 3.63) is 29.6 Å². The molecule has 0 saturated carbocycles. The molecular weight excluding hydrogens is 251 g/mol. The van der Waals surface area contributed by atoms with Gasteiger partial charge in [-0.15, -0.1) is 0 Å². The summed E-state index contributed by atoms with van der Waals surface area (Å²) in [5.74, 6) is -2.46. The van der Waals surface area contributed by atoms with Crippen LogP contribution in [0.3, 0.4) is 0 Å². The Morgan fingerprint density at radius 1 is 1.47 bits per heavy atom. The average molecular weight is 268 g/mol. The van der Waals surface area contributed by atoms with Crippen LogP contribution >= 0.6 is 0 Å². The third kappa shape index (κ3) is 5.05. The molecule has 6 heteroatoms. The van der Waals surface area contributed by atoms with E-state index in [1.807, 2.05) is 6.92 Å². The first kappa shape index (κ1) is 15.1. The van der Waals surface area contributed by atoms with Crippen molar-refractivity contribution in [2.45, 2.75) is 32.2 Å². The van der Waals surface area contributed by atoms with Crippen LogP contribution in [0.2, 0.25) is 0 Å². The molecule has 1 aromatic rings. The number of amides is 1. The number of nitrogens with two attached hydrogens (primary N) is 1. The number of carbonyl (C=O) groups excluding carboxylic acids is 1. The number of rotatable bonds is 6. The van der Waals surface area contributed by atoms with Crippen LogP contribution < -0.4 is 11.1 Å². The van der Waals surface area contributed by atoms with Crippen molar-refractivity contribution in [3.63, 3.8) is 0 Å². The molecule has 0 saturated heterocycles. The highest BCUT2D eigenvalue weighted by molar-refractivity contribution is 5.92. The molecule has 0 spiro atoms. The summed E-state index contributed by atoms with van der Waals surface area (Å²) in [6.45, 7) is 1.86. The first-order valence-corrected chi connectivity index (χ1v) is 5.98. The maximum atomic E-state index is 13.4. The Morgan fingerprint density at radius 3 is 2.68 bits per heavy atom. The maximum Gasteiger partial charge on any atom is 0.338 e. The van der Waals surface area contributed by atoms with Crippen molar-refractivity contribution in [2.75, 3.05) is 5.32 Å². The third-order valence-corrected chi connectivity index (χ3v) is 2.55. The quantitative estimate of drug-likeness (QED) is 0.735. The largest absolute Gasteiger partial charge is 0.478 e. The van der Waals surface area contributed by atoms with Crippen molar-refractivity contribution < 1.29 is 19.1 Å². The number of carboxylic acid groups (broad SMARTS) is 1. The fourth-order valence-electron chi connectivity index (χ4n) is 1.57. The van der Waals surface area contributed by atoms with E-state index in [1.54, 1.807) is 0 Å². The van der Waals surface area contributed by atoms with Crippen LogP contribution in [0.4, 0.5) is 10.1 Å². The molecule has 0 fully saturated rings. The van der Waals surface area contributed by atoms with Gasteiger partial charge in [-0.3, -0.25) is 4.79 Å². The van der Waals surface area contributed by atoms with Gasteiger partial charge in [0.05, 0.1) is 5.56 Å². The van der Waals surface area contributed by atoms with Crippen molar-refractivity contribution in [2.24, 2.45) is 5.73 Å². The molecule has 1 atom stereocenters. The van der Waals surface area contributed by atoms with Crippen molar-refractivity contribution in [1.29, 1.82) is 0 Å². The van der Waals surface area contributed by atoms with Gasteiger partial charge >= 0.3 is 5.97 Å². The minimum absolute atomic E-state index is 0.0418. The van der Waals surface area contributed by atoms with E-state index < -0.39 is 17.3 Å². The summed E-state index contributed by atoms with van der Waals surface area (Å²) in [6.07, 6.45) is 1.68. The molecule has 4 N–H and O–H groups in total. The summed E-state index contributed by atoms with van der Waals surface area (Å²) in [5.41, 5.74) is 5.38. The van der Waals surface area contributed by atoms with Crippen LogP contribution in [0.15, 0.2) is 18.2 Å². The highest BCUT2D eigenvalue weighted by atomic mass is 19.1. The molecule has 0 radical (unpaired) electrons. The second-order valence-electron chi connectivity index (χ2n) is 4.42. The summed E-state index contributed by atoms with van der Waals surface area (Å²) in [7, 11) is 0. The van der Waals surface area contributed by atoms with Crippen LogP contribution in [0, 0.1) is 5.82 Å². The predicted octanol–water partition coefficient (Wildman–Crippen LogP) is 1.98. The number of benzene rings is 1. The molecule has 0 aromatic heterocycles. The number of aromatic carboxylic acids is 1. The van der Waals surface area contributed by atoms with Crippen molar-refractivity contribution in [3.8, 4) is 0 Å². The van der Waals surface area contributed by atoms with Crippen LogP contribution in [-0.4, -0.2) is 23.0 Å². The highest BCUT2D eigenvalue weighted by Crippen LogP contribution is 2.15. The Labute approximate surface area is 110 Å². The van der Waals surface area contributed by atoms with Gasteiger partial charge in [-0.1, -0.05) is 0 Å². The van der Waals surface area contributed by atoms with E-state index in [0.717, 1.165) is 18.6 Å². The van der Waals surface area contributed by atoms with Crippen LogP contribution in [0.5, 0.6) is 0 Å². The van der Waals surface area contributed by atoms with Crippen LogP contribution in [-0.2, 0) is 4.79 Å². The Bertz CT molecular complexity index is 475. The summed E-state index contributed by atoms with van der Waals surface area (Å²) in [4.78, 5) is 22.2. The molecular formula is C13H17FN2O3. The molecule has 0 aliphatic rings. The van der Waals surface area contributed by atoms with Gasteiger partial charge in [0.1, 0.15) is 5.82 Å². The zero-order valence-corrected chi connectivity index (χ0v) is 10.6. The second-order valence-corrected chi connectivity index (χ2v) is 4.42. The third-order valence-electron chi connectivity index (χ3n) is 2.55. The first-order valence-electron chi connectivity index (χ1n) is 5.98. The lowest BCUT2D eigenvalue weighted by atomic mass is 10.1. The van der Waals surface area contributed by atoms with Gasteiger partial charge in [0, 0.05) is 18.2 Å². The van der Waals surface area contributed by atoms with Gasteiger partial charge in [-0.2, -0.15) is 0 Å². The fourth-order valence-corrected chi connectivity index (χ4v) is 1.57. The zero-order valence-electron chi connectivity index (χ0n) is 10.6. The lowest BCUT2D eigenvalue weighted by Gasteiger charge is -2.07. The second kappa shape index (κ2) is 6.84. The Morgan fingerprint density at radius 2 is 2.16 bits per heavy atom. The molecule has 5 nitrogen and oxygen atoms in total. The van der Waals surface area contributed by atoms with Crippen molar-refractivity contribution in [1.82, 2.24) is 0 Å². The molecule has 1 aromatic carbocycles. The molecule has 19 heavy (non-hydrogen) atoms. The van der Waals surface area contributed by atoms with Gasteiger partial charge in [0.25, 0.3) is 0 Å². The average Bonchev–Trinajstić information content (AvgIpc) is 2.27. The Kier molecular flexibility index (Phi) is 5.44. The molecule has 0 heterocycles. The number of carboxylic acids is 1. The predicted molar refractivity (Wildman–Crippen MR) is 69.5 cm³/mol. The van der Waals surface area contributed by atoms with Crippen molar-refractivity contribution >= 4 is 17.6 Å². The maximum absolute atomic E-state index is 13.4. The summed E-state index contributed by atoms with van der Waals surface area (Å²) in [6, 6.07) is 3.51. The summed E-state index contributed by atoms with van der Waals surface area (Å²) < 4.78 is 13.4. The molecule has 0 aliphatic carbocycles. The van der Waals surface area contributed by atoms with E-state index in [0.29, 0.717) is 12.8 Å². The van der Waals surface area contributed by atoms with E-state index in [2.05, 4.69) is 5.32 Å². The van der Waals surface area contributed by atoms with E-state index in [4.69, 9.17) is 10.8 Å². The Balaban J connectivity index is 2.55. The zero-order chi connectivity index (χ0) is 14.4. The number of nitrogens with one attached hydrogen (secondary N) is 1. The molecule has 1 amide bonds. The van der Waals surface area contributed by atoms with E-state index in [1.165, 1.54) is 6.07 Å². The summed E-state index contributed by atoms with van der Waals surface area (Å²) >= 11 is 0. The first-order chi connectivity index (χ1) is 8.90. The van der Waals surface area contributed by atoms with Crippen LogP contribution in [0.1, 0.15) is 36.5 Å². The van der Waals surface area contributed by atoms with Gasteiger partial charge in [0.15, 0.2) is 0 Å². The SMILES string of the molecule is CC(N)CCCC(=O)Nc1ccc(C(=O)O)c(F)c1. The minimum atomic E-state index is -1.34. The lowest BCUT2D eigenvalue weighted by Crippen LogP contribution is -2.17. The topological polar surface area (TPSA) is 92.4 Å². The molecule has 0 aliphatic heterocycles. The van der Waals surface area contributed by atoms with Gasteiger partial charge < -0.3 is 16.2 Å². The monoisotopic (exact) mass is 268 g/mol. The lowest BCUT2D eigenvalue weighted by molar-refractivity contribution is -0.116. The Hall–Kier alpha value is -1.95. The minimum Gasteiger partial charge on any atom is -0.478 e. The molecule has 104 valence electrons. The van der Waals surface area contributed by atoms with Gasteiger partial charge in [-0.05, 0) is 38.0 Å². The molecule has 1 unspecified atom stereocenters. The number of carbonyl (C=O) groups is 2. The van der Waals surface area contributed by atoms with Crippen LogP contribution in [0.25, 0.3) is 0 Å². The number of hydrogen-bond donors (Lipinski definition) is 3. The molecule has 1 rings (SSSR count). The van der Waals surface area contributed by atoms with E-state index in [9.17, 15) is 14.0 Å². The van der Waals surface area contributed by atoms with Gasteiger partial charge in [-0.25, -0.2) is 9.18 Å². The molecule has 0 bridgehead atoms. The van der Waals surface area contributed by atoms with E-state index >= 15 is 0 Å². The smallest absolute Gasteiger partial charge is 0.338 e. The summed E-state index contributed by atoms with van der Waals surface area (Å²) in [5, 5.41) is 11.2. The number of hydrogen-bond acceptors (Lipinski definition) is 3. The fraction of sp³-hybridized carbons (Fsp3) is 0.385. The number of anilines is 1. The standard InChI is InChI=1S/C13H17FN2O3/c1-8(15)3-2-4-12(17)16-9-5-6-10(13(18)19)11(14)7-9/h5-8H,2-4,15H2,1H3,(H,16,17)(H,18,19). The highest BCUT2D eigenvalue weighted by Gasteiger charge is 2.11. The normalized spacial score (nSPS) is 11.9. The van der Waals surface area contributed by atoms with Gasteiger partial charge in [0.2, 0.25) is 5.91 Å².